The summed E-state index contributed by atoms with van der Waals surface area (Å²) >= 11 is 3.29. The van der Waals surface area contributed by atoms with Crippen molar-refractivity contribution in [2.75, 3.05) is 4.72 Å². The van der Waals surface area contributed by atoms with E-state index in [0.717, 1.165) is 22.9 Å². The van der Waals surface area contributed by atoms with Gasteiger partial charge in [-0.05, 0) is 66.9 Å². The molecule has 2 aromatic carbocycles. The molecule has 1 aromatic heterocycles. The second-order valence-corrected chi connectivity index (χ2v) is 10.4. The molecule has 8 nitrogen and oxygen atoms in total. The third-order valence-corrected chi connectivity index (χ3v) is 7.17. The van der Waals surface area contributed by atoms with Crippen molar-refractivity contribution in [3.63, 3.8) is 0 Å². The van der Waals surface area contributed by atoms with Gasteiger partial charge in [0.15, 0.2) is 0 Å². The Hall–Kier alpha value is -3.32. The van der Waals surface area contributed by atoms with Crippen LogP contribution in [-0.2, 0) is 31.6 Å². The molecule has 36 heavy (non-hydrogen) atoms. The predicted octanol–water partition coefficient (Wildman–Crippen LogP) is 4.82. The molecule has 0 atom stereocenters. The average molecular weight is 589 g/mol. The Labute approximate surface area is 212 Å². The number of hydrogen-bond donors (Lipinski definition) is 3. The normalized spacial score (nSPS) is 14.2. The van der Waals surface area contributed by atoms with Gasteiger partial charge in [-0.3, -0.25) is 9.52 Å². The van der Waals surface area contributed by atoms with E-state index in [0.29, 0.717) is 18.0 Å². The Bertz CT molecular complexity index is 1310. The third kappa shape index (κ3) is 6.88. The SMILES string of the molecule is O=C(NCc1ccco1)C1(c2ccc(NS(=O)(=O)c3ccc(Br)cc3)cc2)CC1.O=C(O)C(F)(F)F. The molecule has 1 heterocycles. The molecule has 3 N–H and O–H groups in total. The second-order valence-electron chi connectivity index (χ2n) is 7.78. The first-order valence-corrected chi connectivity index (χ1v) is 12.6. The number of hydrogen-bond acceptors (Lipinski definition) is 5. The zero-order valence-corrected chi connectivity index (χ0v) is 20.8. The van der Waals surface area contributed by atoms with Crippen LogP contribution in [0.15, 0.2) is 80.7 Å². The Morgan fingerprint density at radius 2 is 1.61 bits per heavy atom. The number of carboxylic acids is 1. The highest BCUT2D eigenvalue weighted by molar-refractivity contribution is 9.10. The number of sulfonamides is 1. The molecule has 0 saturated heterocycles. The van der Waals surface area contributed by atoms with E-state index in [1.54, 1.807) is 48.7 Å². The molecule has 1 saturated carbocycles. The van der Waals surface area contributed by atoms with Gasteiger partial charge in [-0.25, -0.2) is 13.2 Å². The third-order valence-electron chi connectivity index (χ3n) is 5.24. The molecular weight excluding hydrogens is 569 g/mol. The molecular formula is C23H20BrF3N2O6S. The molecule has 0 unspecified atom stereocenters. The van der Waals surface area contributed by atoms with Crippen molar-refractivity contribution in [3.05, 3.63) is 82.7 Å². The van der Waals surface area contributed by atoms with E-state index < -0.39 is 27.6 Å². The summed E-state index contributed by atoms with van der Waals surface area (Å²) in [4.78, 5) is 21.8. The average Bonchev–Trinajstić information content (AvgIpc) is 3.46. The van der Waals surface area contributed by atoms with Crippen molar-refractivity contribution in [2.45, 2.75) is 35.9 Å². The number of carboxylic acid groups (broad SMARTS) is 1. The molecule has 0 aliphatic heterocycles. The van der Waals surface area contributed by atoms with Gasteiger partial charge in [-0.1, -0.05) is 28.1 Å². The van der Waals surface area contributed by atoms with Crippen molar-refractivity contribution >= 4 is 43.5 Å². The number of amides is 1. The number of nitrogens with one attached hydrogen (secondary N) is 2. The number of rotatable bonds is 7. The standard InChI is InChI=1S/C21H19BrN2O4S.C2HF3O2/c22-16-5-9-19(10-6-16)29(26,27)24-17-7-3-15(4-8-17)21(11-12-21)20(25)23-14-18-2-1-13-28-18;3-2(4,5)1(6)7/h1-10,13,24H,11-12,14H2,(H,23,25);(H,6,7). The molecule has 1 aliphatic carbocycles. The Balaban J connectivity index is 0.000000454. The van der Waals surface area contributed by atoms with Crippen LogP contribution in [0.4, 0.5) is 18.9 Å². The van der Waals surface area contributed by atoms with Crippen LogP contribution in [0.2, 0.25) is 0 Å². The molecule has 0 spiro atoms. The van der Waals surface area contributed by atoms with Crippen molar-refractivity contribution < 1.29 is 40.7 Å². The number of carbonyl (C=O) groups is 2. The summed E-state index contributed by atoms with van der Waals surface area (Å²) in [6, 6.07) is 17.0. The first kappa shape index (κ1) is 27.3. The van der Waals surface area contributed by atoms with Crippen molar-refractivity contribution in [1.82, 2.24) is 5.32 Å². The van der Waals surface area contributed by atoms with Gasteiger partial charge in [0.05, 0.1) is 23.1 Å². The second kappa shape index (κ2) is 10.7. The van der Waals surface area contributed by atoms with E-state index in [2.05, 4.69) is 26.0 Å². The van der Waals surface area contributed by atoms with Gasteiger partial charge < -0.3 is 14.8 Å². The number of anilines is 1. The van der Waals surface area contributed by atoms with Gasteiger partial charge >= 0.3 is 12.1 Å². The summed E-state index contributed by atoms with van der Waals surface area (Å²) in [7, 11) is -3.67. The van der Waals surface area contributed by atoms with E-state index >= 15 is 0 Å². The summed E-state index contributed by atoms with van der Waals surface area (Å²) in [5.74, 6) is -2.10. The van der Waals surface area contributed by atoms with Crippen LogP contribution >= 0.6 is 15.9 Å². The highest BCUT2D eigenvalue weighted by Crippen LogP contribution is 2.48. The van der Waals surface area contributed by atoms with Gasteiger partial charge in [0.2, 0.25) is 5.91 Å². The highest BCUT2D eigenvalue weighted by Gasteiger charge is 2.51. The maximum Gasteiger partial charge on any atom is 0.490 e. The fourth-order valence-electron chi connectivity index (χ4n) is 3.21. The largest absolute Gasteiger partial charge is 0.490 e. The maximum atomic E-state index is 12.7. The Morgan fingerprint density at radius 3 is 2.08 bits per heavy atom. The smallest absolute Gasteiger partial charge is 0.475 e. The molecule has 192 valence electrons. The van der Waals surface area contributed by atoms with E-state index in [1.165, 1.54) is 12.1 Å². The van der Waals surface area contributed by atoms with Crippen molar-refractivity contribution in [3.8, 4) is 0 Å². The van der Waals surface area contributed by atoms with Gasteiger partial charge in [-0.2, -0.15) is 13.2 Å². The fraction of sp³-hybridized carbons (Fsp3) is 0.217. The van der Waals surface area contributed by atoms with Crippen LogP contribution in [0, 0.1) is 0 Å². The minimum Gasteiger partial charge on any atom is -0.475 e. The molecule has 1 amide bonds. The summed E-state index contributed by atoms with van der Waals surface area (Å²) < 4.78 is 65.4. The fourth-order valence-corrected chi connectivity index (χ4v) is 4.53. The summed E-state index contributed by atoms with van der Waals surface area (Å²) in [5.41, 5.74) is 0.778. The lowest BCUT2D eigenvalue weighted by Gasteiger charge is -2.16. The minimum atomic E-state index is -5.08. The van der Waals surface area contributed by atoms with E-state index in [9.17, 15) is 26.4 Å². The number of benzene rings is 2. The van der Waals surface area contributed by atoms with Gasteiger partial charge in [0.1, 0.15) is 5.76 Å². The summed E-state index contributed by atoms with van der Waals surface area (Å²) in [5, 5.41) is 10.0. The lowest BCUT2D eigenvalue weighted by molar-refractivity contribution is -0.192. The van der Waals surface area contributed by atoms with Crippen LogP contribution in [0.1, 0.15) is 24.2 Å². The van der Waals surface area contributed by atoms with Crippen molar-refractivity contribution in [2.24, 2.45) is 0 Å². The van der Waals surface area contributed by atoms with E-state index in [-0.39, 0.29) is 10.8 Å². The minimum absolute atomic E-state index is 0.0444. The monoisotopic (exact) mass is 588 g/mol. The predicted molar refractivity (Wildman–Crippen MR) is 127 cm³/mol. The Kier molecular flexibility index (Phi) is 8.14. The van der Waals surface area contributed by atoms with Crippen molar-refractivity contribution in [1.29, 1.82) is 0 Å². The number of halogens is 4. The van der Waals surface area contributed by atoms with Crippen LogP contribution in [-0.4, -0.2) is 31.6 Å². The number of furan rings is 1. The van der Waals surface area contributed by atoms with E-state index in [4.69, 9.17) is 14.3 Å². The Morgan fingerprint density at radius 1 is 1.03 bits per heavy atom. The molecule has 1 aliphatic rings. The van der Waals surface area contributed by atoms with E-state index in [1.807, 2.05) is 6.07 Å². The van der Waals surface area contributed by atoms with Gasteiger partial charge in [0.25, 0.3) is 10.0 Å². The topological polar surface area (TPSA) is 126 Å². The zero-order chi connectivity index (χ0) is 26.6. The van der Waals surface area contributed by atoms with Crippen LogP contribution in [0.3, 0.4) is 0 Å². The van der Waals surface area contributed by atoms with Crippen LogP contribution in [0.5, 0.6) is 0 Å². The molecule has 13 heteroatoms. The first-order chi connectivity index (χ1) is 16.8. The first-order valence-electron chi connectivity index (χ1n) is 10.3. The van der Waals surface area contributed by atoms with Crippen LogP contribution < -0.4 is 10.0 Å². The summed E-state index contributed by atoms with van der Waals surface area (Å²) in [6.07, 6.45) is -1.98. The van der Waals surface area contributed by atoms with Crippen LogP contribution in [0.25, 0.3) is 0 Å². The quantitative estimate of drug-likeness (QED) is 0.363. The molecule has 4 rings (SSSR count). The molecule has 1 fully saturated rings. The zero-order valence-electron chi connectivity index (χ0n) is 18.4. The number of aliphatic carboxylic acids is 1. The maximum absolute atomic E-state index is 12.7. The molecule has 0 bridgehead atoms. The number of carbonyl (C=O) groups excluding carboxylic acids is 1. The molecule has 0 radical (unpaired) electrons. The summed E-state index contributed by atoms with van der Waals surface area (Å²) in [6.45, 7) is 0.346. The lowest BCUT2D eigenvalue weighted by atomic mass is 9.95. The van der Waals surface area contributed by atoms with Gasteiger partial charge in [-0.15, -0.1) is 0 Å². The van der Waals surface area contributed by atoms with Gasteiger partial charge in [0, 0.05) is 10.2 Å². The highest BCUT2D eigenvalue weighted by atomic mass is 79.9. The molecule has 3 aromatic rings. The lowest BCUT2D eigenvalue weighted by Crippen LogP contribution is -2.34. The number of alkyl halides is 3.